The van der Waals surface area contributed by atoms with E-state index in [0.29, 0.717) is 0 Å². The molecule has 0 aromatic rings. The second kappa shape index (κ2) is 11.3. The van der Waals surface area contributed by atoms with Gasteiger partial charge in [-0.25, -0.2) is 0 Å². The van der Waals surface area contributed by atoms with Crippen molar-refractivity contribution in [3.8, 4) is 0 Å². The lowest BCUT2D eigenvalue weighted by Gasteiger charge is -2.15. The first kappa shape index (κ1) is 15.8. The normalized spacial score (nSPS) is 13.3. The van der Waals surface area contributed by atoms with Crippen LogP contribution in [0.3, 0.4) is 0 Å². The fraction of sp³-hybridized carbons (Fsp3) is 1.00. The Bertz CT molecular complexity index is 142. The zero-order valence-electron chi connectivity index (χ0n) is 10.7. The molecule has 2 N–H and O–H groups in total. The maximum Gasteiger partial charge on any atom is 0.0667 e. The van der Waals surface area contributed by atoms with Crippen molar-refractivity contribution < 1.29 is 14.9 Å². The van der Waals surface area contributed by atoms with E-state index in [0.717, 1.165) is 51.9 Å². The predicted molar refractivity (Wildman–Crippen MR) is 65.6 cm³/mol. The summed E-state index contributed by atoms with van der Waals surface area (Å²) in [7, 11) is 3.92. The lowest BCUT2D eigenvalue weighted by Crippen LogP contribution is -2.25. The fourth-order valence-electron chi connectivity index (χ4n) is 1.53. The van der Waals surface area contributed by atoms with Gasteiger partial charge in [-0.3, -0.25) is 0 Å². The van der Waals surface area contributed by atoms with E-state index in [1.54, 1.807) is 0 Å². The highest BCUT2D eigenvalue weighted by atomic mass is 16.5. The molecule has 0 amide bonds. The Morgan fingerprint density at radius 2 is 1.75 bits per heavy atom. The quantitative estimate of drug-likeness (QED) is 0.520. The Morgan fingerprint density at radius 1 is 1.06 bits per heavy atom. The molecule has 16 heavy (non-hydrogen) atoms. The molecule has 0 heterocycles. The van der Waals surface area contributed by atoms with Crippen molar-refractivity contribution in [2.75, 3.05) is 40.5 Å². The molecule has 0 aliphatic heterocycles. The van der Waals surface area contributed by atoms with Gasteiger partial charge in [0.1, 0.15) is 0 Å². The van der Waals surface area contributed by atoms with E-state index in [1.807, 2.05) is 19.0 Å². The first-order chi connectivity index (χ1) is 7.66. The van der Waals surface area contributed by atoms with Crippen LogP contribution >= 0.6 is 0 Å². The number of aliphatic hydroxyl groups is 2. The molecule has 1 atom stereocenters. The van der Waals surface area contributed by atoms with E-state index in [-0.39, 0.29) is 12.7 Å². The lowest BCUT2D eigenvalue weighted by molar-refractivity contribution is 0.0916. The second-order valence-corrected chi connectivity index (χ2v) is 4.45. The summed E-state index contributed by atoms with van der Waals surface area (Å²) in [5, 5.41) is 18.1. The molecular weight excluding hydrogens is 206 g/mol. The highest BCUT2D eigenvalue weighted by molar-refractivity contribution is 4.58. The third-order valence-corrected chi connectivity index (χ3v) is 2.35. The SMILES string of the molecule is CN(C)CC(O)CCCOCCCCCO. The van der Waals surface area contributed by atoms with Crippen molar-refractivity contribution >= 4 is 0 Å². The zero-order chi connectivity index (χ0) is 12.2. The van der Waals surface area contributed by atoms with E-state index in [2.05, 4.69) is 0 Å². The average molecular weight is 233 g/mol. The molecule has 0 spiro atoms. The molecule has 0 aliphatic carbocycles. The van der Waals surface area contributed by atoms with E-state index in [1.165, 1.54) is 0 Å². The molecule has 0 saturated carbocycles. The van der Waals surface area contributed by atoms with Gasteiger partial charge in [0.15, 0.2) is 0 Å². The summed E-state index contributed by atoms with van der Waals surface area (Å²) in [4.78, 5) is 1.99. The van der Waals surface area contributed by atoms with Crippen molar-refractivity contribution in [1.82, 2.24) is 4.90 Å². The summed E-state index contributed by atoms with van der Waals surface area (Å²) >= 11 is 0. The monoisotopic (exact) mass is 233 g/mol. The van der Waals surface area contributed by atoms with Gasteiger partial charge in [-0.1, -0.05) is 0 Å². The molecule has 0 rings (SSSR count). The molecule has 98 valence electrons. The van der Waals surface area contributed by atoms with Crippen LogP contribution in [0.2, 0.25) is 0 Å². The minimum Gasteiger partial charge on any atom is -0.396 e. The Morgan fingerprint density at radius 3 is 2.38 bits per heavy atom. The number of hydrogen-bond donors (Lipinski definition) is 2. The summed E-state index contributed by atoms with van der Waals surface area (Å²) < 4.78 is 5.43. The van der Waals surface area contributed by atoms with Gasteiger partial charge in [0.25, 0.3) is 0 Å². The largest absolute Gasteiger partial charge is 0.396 e. The maximum absolute atomic E-state index is 9.57. The van der Waals surface area contributed by atoms with Crippen molar-refractivity contribution in [3.05, 3.63) is 0 Å². The van der Waals surface area contributed by atoms with Crippen molar-refractivity contribution in [3.63, 3.8) is 0 Å². The second-order valence-electron chi connectivity index (χ2n) is 4.45. The molecule has 0 fully saturated rings. The summed E-state index contributed by atoms with van der Waals surface area (Å²) in [6.07, 6.45) is 4.38. The van der Waals surface area contributed by atoms with Gasteiger partial charge in [0.2, 0.25) is 0 Å². The first-order valence-electron chi connectivity index (χ1n) is 6.18. The number of ether oxygens (including phenoxy) is 1. The molecule has 0 aromatic carbocycles. The van der Waals surface area contributed by atoms with E-state index < -0.39 is 0 Å². The highest BCUT2D eigenvalue weighted by Crippen LogP contribution is 2.00. The minimum absolute atomic E-state index is 0.243. The minimum atomic E-state index is -0.243. The molecule has 0 saturated heterocycles. The number of rotatable bonds is 11. The average Bonchev–Trinajstić information content (AvgIpc) is 2.21. The van der Waals surface area contributed by atoms with Crippen molar-refractivity contribution in [1.29, 1.82) is 0 Å². The van der Waals surface area contributed by atoms with Gasteiger partial charge in [0.05, 0.1) is 6.10 Å². The Hall–Kier alpha value is -0.160. The number of nitrogens with zero attached hydrogens (tertiary/aromatic N) is 1. The molecule has 0 bridgehead atoms. The van der Waals surface area contributed by atoms with Crippen LogP contribution in [-0.4, -0.2) is 61.7 Å². The van der Waals surface area contributed by atoms with Crippen molar-refractivity contribution in [2.24, 2.45) is 0 Å². The van der Waals surface area contributed by atoms with Crippen LogP contribution in [0, 0.1) is 0 Å². The van der Waals surface area contributed by atoms with Crippen LogP contribution in [-0.2, 0) is 4.74 Å². The van der Waals surface area contributed by atoms with Gasteiger partial charge < -0.3 is 19.8 Å². The molecule has 4 nitrogen and oxygen atoms in total. The van der Waals surface area contributed by atoms with Crippen LogP contribution < -0.4 is 0 Å². The lowest BCUT2D eigenvalue weighted by atomic mass is 10.2. The Kier molecular flexibility index (Phi) is 11.2. The van der Waals surface area contributed by atoms with Gasteiger partial charge in [0, 0.05) is 26.4 Å². The smallest absolute Gasteiger partial charge is 0.0667 e. The zero-order valence-corrected chi connectivity index (χ0v) is 10.7. The standard InChI is InChI=1S/C12H27NO3/c1-13(2)11-12(15)7-6-10-16-9-5-3-4-8-14/h12,14-15H,3-11H2,1-2H3. The number of likely N-dealkylation sites (N-methyl/N-ethyl adjacent to an activating group) is 1. The van der Waals surface area contributed by atoms with Crippen LogP contribution in [0.15, 0.2) is 0 Å². The van der Waals surface area contributed by atoms with E-state index in [4.69, 9.17) is 9.84 Å². The fourth-order valence-corrected chi connectivity index (χ4v) is 1.53. The van der Waals surface area contributed by atoms with E-state index >= 15 is 0 Å². The summed E-state index contributed by atoms with van der Waals surface area (Å²) in [5.41, 5.74) is 0. The maximum atomic E-state index is 9.57. The van der Waals surface area contributed by atoms with Crippen LogP contribution in [0.4, 0.5) is 0 Å². The van der Waals surface area contributed by atoms with Gasteiger partial charge in [-0.15, -0.1) is 0 Å². The van der Waals surface area contributed by atoms with Crippen molar-refractivity contribution in [2.45, 2.75) is 38.2 Å². The topological polar surface area (TPSA) is 52.9 Å². The van der Waals surface area contributed by atoms with Gasteiger partial charge >= 0.3 is 0 Å². The van der Waals surface area contributed by atoms with Gasteiger partial charge in [-0.05, 0) is 46.2 Å². The Labute approximate surface area is 99.2 Å². The van der Waals surface area contributed by atoms with Crippen LogP contribution in [0.5, 0.6) is 0 Å². The molecule has 0 radical (unpaired) electrons. The predicted octanol–water partition coefficient (Wildman–Crippen LogP) is 0.868. The summed E-state index contributed by atoms with van der Waals surface area (Å²) in [5.74, 6) is 0. The number of hydrogen-bond acceptors (Lipinski definition) is 4. The van der Waals surface area contributed by atoms with E-state index in [9.17, 15) is 5.11 Å². The molecule has 4 heteroatoms. The summed E-state index contributed by atoms with van der Waals surface area (Å²) in [6, 6.07) is 0. The number of unbranched alkanes of at least 4 members (excludes halogenated alkanes) is 2. The van der Waals surface area contributed by atoms with Crippen LogP contribution in [0.25, 0.3) is 0 Å². The molecular formula is C12H27NO3. The third-order valence-electron chi connectivity index (χ3n) is 2.35. The Balaban J connectivity index is 3.08. The first-order valence-corrected chi connectivity index (χ1v) is 6.18. The van der Waals surface area contributed by atoms with Crippen LogP contribution in [0.1, 0.15) is 32.1 Å². The third kappa shape index (κ3) is 11.9. The highest BCUT2D eigenvalue weighted by Gasteiger charge is 2.04. The van der Waals surface area contributed by atoms with Gasteiger partial charge in [-0.2, -0.15) is 0 Å². The summed E-state index contributed by atoms with van der Waals surface area (Å²) in [6.45, 7) is 2.49. The number of aliphatic hydroxyl groups excluding tert-OH is 2. The molecule has 0 aliphatic rings. The molecule has 0 aromatic heterocycles. The molecule has 1 unspecified atom stereocenters.